The fourth-order valence-electron chi connectivity index (χ4n) is 1.09. The van der Waals surface area contributed by atoms with Gasteiger partial charge in [-0.3, -0.25) is 0 Å². The average molecular weight is 194 g/mol. The minimum Gasteiger partial charge on any atom is -0.479 e. The summed E-state index contributed by atoms with van der Waals surface area (Å²) in [6, 6.07) is 7.47. The topological polar surface area (TPSA) is 46.5 Å². The highest BCUT2D eigenvalue weighted by atomic mass is 16.5. The van der Waals surface area contributed by atoms with Crippen molar-refractivity contribution < 1.29 is 14.6 Å². The van der Waals surface area contributed by atoms with Gasteiger partial charge in [-0.1, -0.05) is 19.1 Å². The molecule has 1 aromatic carbocycles. The predicted octanol–water partition coefficient (Wildman–Crippen LogP) is 2.10. The second-order valence-electron chi connectivity index (χ2n) is 3.10. The maximum Gasteiger partial charge on any atom is 0.344 e. The molecule has 3 nitrogen and oxygen atoms in total. The number of benzene rings is 1. The molecule has 1 rings (SSSR count). The van der Waals surface area contributed by atoms with Crippen LogP contribution in [0.2, 0.25) is 0 Å². The fourth-order valence-corrected chi connectivity index (χ4v) is 1.09. The molecule has 0 saturated heterocycles. The van der Waals surface area contributed by atoms with Gasteiger partial charge in [0.1, 0.15) is 5.75 Å². The summed E-state index contributed by atoms with van der Waals surface area (Å²) in [5.41, 5.74) is 1.14. The number of aryl methyl sites for hydroxylation is 1. The summed E-state index contributed by atoms with van der Waals surface area (Å²) >= 11 is 0. The molecule has 0 aliphatic rings. The molecule has 0 radical (unpaired) electrons. The first-order valence-electron chi connectivity index (χ1n) is 4.62. The summed E-state index contributed by atoms with van der Waals surface area (Å²) in [7, 11) is 0. The monoisotopic (exact) mass is 194 g/mol. The van der Waals surface area contributed by atoms with Crippen LogP contribution in [-0.4, -0.2) is 17.2 Å². The minimum absolute atomic E-state index is 0.610. The molecule has 0 aliphatic carbocycles. The molecule has 0 heterocycles. The molecule has 0 bridgehead atoms. The van der Waals surface area contributed by atoms with E-state index in [9.17, 15) is 4.79 Å². The van der Waals surface area contributed by atoms with Crippen LogP contribution in [0.5, 0.6) is 5.75 Å². The Labute approximate surface area is 83.3 Å². The molecule has 0 saturated carbocycles. The van der Waals surface area contributed by atoms with Crippen LogP contribution in [0.3, 0.4) is 0 Å². The van der Waals surface area contributed by atoms with Crippen molar-refractivity contribution in [2.75, 3.05) is 0 Å². The van der Waals surface area contributed by atoms with E-state index in [1.807, 2.05) is 25.1 Å². The SMILES string of the molecule is CCc1cccc(O[C@@H](C)C(=O)O)c1. The molecule has 0 spiro atoms. The molecule has 1 N–H and O–H groups in total. The van der Waals surface area contributed by atoms with Crippen LogP contribution in [0.1, 0.15) is 19.4 Å². The molecule has 3 heteroatoms. The van der Waals surface area contributed by atoms with Crippen LogP contribution < -0.4 is 4.74 Å². The van der Waals surface area contributed by atoms with Crippen LogP contribution in [0.4, 0.5) is 0 Å². The molecule has 1 atom stereocenters. The van der Waals surface area contributed by atoms with Gasteiger partial charge in [0.05, 0.1) is 0 Å². The van der Waals surface area contributed by atoms with Gasteiger partial charge in [0.25, 0.3) is 0 Å². The van der Waals surface area contributed by atoms with E-state index in [4.69, 9.17) is 9.84 Å². The number of carboxylic acid groups (broad SMARTS) is 1. The average Bonchev–Trinajstić information content (AvgIpc) is 2.18. The summed E-state index contributed by atoms with van der Waals surface area (Å²) in [6.45, 7) is 3.56. The third-order valence-corrected chi connectivity index (χ3v) is 1.97. The third-order valence-electron chi connectivity index (χ3n) is 1.97. The van der Waals surface area contributed by atoms with Crippen molar-refractivity contribution in [1.29, 1.82) is 0 Å². The van der Waals surface area contributed by atoms with E-state index in [1.165, 1.54) is 6.92 Å². The molecule has 0 fully saturated rings. The zero-order valence-electron chi connectivity index (χ0n) is 8.36. The van der Waals surface area contributed by atoms with Gasteiger partial charge in [-0.15, -0.1) is 0 Å². The Morgan fingerprint density at radius 3 is 2.86 bits per heavy atom. The molecule has 76 valence electrons. The lowest BCUT2D eigenvalue weighted by molar-refractivity contribution is -0.144. The van der Waals surface area contributed by atoms with E-state index in [1.54, 1.807) is 6.07 Å². The fraction of sp³-hybridized carbons (Fsp3) is 0.364. The molecular weight excluding hydrogens is 180 g/mol. The van der Waals surface area contributed by atoms with Gasteiger partial charge in [-0.05, 0) is 31.0 Å². The van der Waals surface area contributed by atoms with Crippen LogP contribution in [-0.2, 0) is 11.2 Å². The highest BCUT2D eigenvalue weighted by Crippen LogP contribution is 2.15. The van der Waals surface area contributed by atoms with Gasteiger partial charge in [-0.25, -0.2) is 4.79 Å². The van der Waals surface area contributed by atoms with E-state index in [0.717, 1.165) is 12.0 Å². The highest BCUT2D eigenvalue weighted by molar-refractivity contribution is 5.72. The largest absolute Gasteiger partial charge is 0.479 e. The molecule has 0 amide bonds. The number of carboxylic acids is 1. The van der Waals surface area contributed by atoms with Crippen molar-refractivity contribution in [1.82, 2.24) is 0 Å². The first kappa shape index (κ1) is 10.6. The maximum absolute atomic E-state index is 10.5. The van der Waals surface area contributed by atoms with Crippen LogP contribution in [0, 0.1) is 0 Å². The van der Waals surface area contributed by atoms with Crippen molar-refractivity contribution in [3.63, 3.8) is 0 Å². The second kappa shape index (κ2) is 4.65. The number of aliphatic carboxylic acids is 1. The van der Waals surface area contributed by atoms with Gasteiger partial charge >= 0.3 is 5.97 Å². The first-order chi connectivity index (χ1) is 6.63. The zero-order valence-corrected chi connectivity index (χ0v) is 8.36. The molecule has 14 heavy (non-hydrogen) atoms. The Morgan fingerprint density at radius 1 is 1.57 bits per heavy atom. The van der Waals surface area contributed by atoms with E-state index in [-0.39, 0.29) is 0 Å². The Morgan fingerprint density at radius 2 is 2.29 bits per heavy atom. The number of carbonyl (C=O) groups is 1. The van der Waals surface area contributed by atoms with Crippen molar-refractivity contribution >= 4 is 5.97 Å². The van der Waals surface area contributed by atoms with Gasteiger partial charge < -0.3 is 9.84 Å². The number of rotatable bonds is 4. The number of ether oxygens (including phenoxy) is 1. The second-order valence-corrected chi connectivity index (χ2v) is 3.10. The summed E-state index contributed by atoms with van der Waals surface area (Å²) in [4.78, 5) is 10.5. The van der Waals surface area contributed by atoms with Crippen LogP contribution >= 0.6 is 0 Å². The van der Waals surface area contributed by atoms with E-state index in [2.05, 4.69) is 0 Å². The predicted molar refractivity (Wildman–Crippen MR) is 53.5 cm³/mol. The molecule has 0 unspecified atom stereocenters. The summed E-state index contributed by atoms with van der Waals surface area (Å²) in [5, 5.41) is 8.64. The van der Waals surface area contributed by atoms with Crippen molar-refractivity contribution in [3.05, 3.63) is 29.8 Å². The smallest absolute Gasteiger partial charge is 0.344 e. The van der Waals surface area contributed by atoms with Crippen LogP contribution in [0.15, 0.2) is 24.3 Å². The first-order valence-corrected chi connectivity index (χ1v) is 4.62. The van der Waals surface area contributed by atoms with Crippen molar-refractivity contribution in [3.8, 4) is 5.75 Å². The molecule has 1 aromatic rings. The van der Waals surface area contributed by atoms with E-state index < -0.39 is 12.1 Å². The van der Waals surface area contributed by atoms with Gasteiger partial charge in [0.2, 0.25) is 0 Å². The maximum atomic E-state index is 10.5. The number of hydrogen-bond donors (Lipinski definition) is 1. The molecular formula is C11H14O3. The lowest BCUT2D eigenvalue weighted by Gasteiger charge is -2.10. The Balaban J connectivity index is 2.71. The van der Waals surface area contributed by atoms with E-state index in [0.29, 0.717) is 5.75 Å². The summed E-state index contributed by atoms with van der Waals surface area (Å²) in [6.07, 6.45) is 0.112. The minimum atomic E-state index is -0.952. The van der Waals surface area contributed by atoms with Crippen LogP contribution in [0.25, 0.3) is 0 Å². The summed E-state index contributed by atoms with van der Waals surface area (Å²) < 4.78 is 5.22. The van der Waals surface area contributed by atoms with Gasteiger partial charge in [0, 0.05) is 0 Å². The lowest BCUT2D eigenvalue weighted by atomic mass is 10.2. The Bertz CT molecular complexity index is 320. The quantitative estimate of drug-likeness (QED) is 0.798. The summed E-state index contributed by atoms with van der Waals surface area (Å²) in [5.74, 6) is -0.342. The zero-order chi connectivity index (χ0) is 10.6. The van der Waals surface area contributed by atoms with Gasteiger partial charge in [0.15, 0.2) is 6.10 Å². The van der Waals surface area contributed by atoms with Gasteiger partial charge in [-0.2, -0.15) is 0 Å². The standard InChI is InChI=1S/C11H14O3/c1-3-9-5-4-6-10(7-9)14-8(2)11(12)13/h4-8H,3H2,1-2H3,(H,12,13)/t8-/m0/s1. The van der Waals surface area contributed by atoms with E-state index >= 15 is 0 Å². The van der Waals surface area contributed by atoms with Crippen molar-refractivity contribution in [2.45, 2.75) is 26.4 Å². The third kappa shape index (κ3) is 2.76. The molecule has 0 aromatic heterocycles. The number of hydrogen-bond acceptors (Lipinski definition) is 2. The highest BCUT2D eigenvalue weighted by Gasteiger charge is 2.11. The lowest BCUT2D eigenvalue weighted by Crippen LogP contribution is -2.22. The Kier molecular flexibility index (Phi) is 3.51. The normalized spacial score (nSPS) is 12.1. The Hall–Kier alpha value is -1.51. The van der Waals surface area contributed by atoms with Crippen molar-refractivity contribution in [2.24, 2.45) is 0 Å². The molecule has 0 aliphatic heterocycles.